The van der Waals surface area contributed by atoms with Crippen LogP contribution in [0.3, 0.4) is 0 Å². The molecule has 3 rings (SSSR count). The summed E-state index contributed by atoms with van der Waals surface area (Å²) in [5.74, 6) is 1.14. The van der Waals surface area contributed by atoms with Gasteiger partial charge in [-0.1, -0.05) is 17.7 Å². The lowest BCUT2D eigenvalue weighted by Crippen LogP contribution is -2.03. The van der Waals surface area contributed by atoms with Gasteiger partial charge in [-0.25, -0.2) is 15.0 Å². The number of nitrogens with zero attached hydrogens (tertiary/aromatic N) is 4. The first-order chi connectivity index (χ1) is 9.74. The van der Waals surface area contributed by atoms with Crippen molar-refractivity contribution in [3.05, 3.63) is 46.0 Å². The van der Waals surface area contributed by atoms with Crippen molar-refractivity contribution in [2.24, 2.45) is 0 Å². The second-order valence-electron chi connectivity index (χ2n) is 4.01. The van der Waals surface area contributed by atoms with Gasteiger partial charge >= 0.3 is 11.2 Å². The number of hydrogen-bond acceptors (Lipinski definition) is 5. The minimum absolute atomic E-state index is 0.430. The highest BCUT2D eigenvalue weighted by Crippen LogP contribution is 2.24. The molecule has 0 radical (unpaired) electrons. The molecule has 0 aliphatic heterocycles. The molecule has 20 heavy (non-hydrogen) atoms. The SMILES string of the molecule is Cc1cccnc1Nc1ncc(Cl)c(-c2csc#[n+]2)n1. The van der Waals surface area contributed by atoms with Crippen molar-refractivity contribution >= 4 is 34.7 Å². The molecule has 1 N–H and O–H groups in total. The Bertz CT molecular complexity index is 729. The Hall–Kier alpha value is -2.23. The summed E-state index contributed by atoms with van der Waals surface area (Å²) in [4.78, 5) is 16.9. The van der Waals surface area contributed by atoms with Crippen LogP contribution >= 0.6 is 22.9 Å². The van der Waals surface area contributed by atoms with Crippen LogP contribution in [0.2, 0.25) is 5.02 Å². The maximum Gasteiger partial charge on any atom is 0.382 e. The van der Waals surface area contributed by atoms with Crippen LogP contribution in [0.4, 0.5) is 11.8 Å². The summed E-state index contributed by atoms with van der Waals surface area (Å²) in [5, 5.41) is 5.36. The van der Waals surface area contributed by atoms with Gasteiger partial charge in [0, 0.05) is 6.20 Å². The molecule has 0 saturated carbocycles. The lowest BCUT2D eigenvalue weighted by molar-refractivity contribution is -0.275. The molecular weight excluding hydrogens is 294 g/mol. The lowest BCUT2D eigenvalue weighted by atomic mass is 10.3. The van der Waals surface area contributed by atoms with Crippen molar-refractivity contribution in [1.82, 2.24) is 15.0 Å². The van der Waals surface area contributed by atoms with Crippen LogP contribution in [0.5, 0.6) is 0 Å². The molecule has 3 aromatic rings. The van der Waals surface area contributed by atoms with Gasteiger partial charge in [-0.05, 0) is 34.9 Å². The second-order valence-corrected chi connectivity index (χ2v) is 5.07. The molecule has 0 aliphatic rings. The zero-order valence-electron chi connectivity index (χ0n) is 10.5. The van der Waals surface area contributed by atoms with Crippen molar-refractivity contribution in [2.75, 3.05) is 5.32 Å². The average molecular weight is 303 g/mol. The van der Waals surface area contributed by atoms with Crippen LogP contribution in [0.15, 0.2) is 29.9 Å². The van der Waals surface area contributed by atoms with Crippen LogP contribution in [-0.2, 0) is 0 Å². The summed E-state index contributed by atoms with van der Waals surface area (Å²) >= 11 is 7.47. The normalized spacial score (nSPS) is 10.1. The average Bonchev–Trinajstić information content (AvgIpc) is 2.97. The number of anilines is 2. The van der Waals surface area contributed by atoms with Crippen molar-refractivity contribution < 1.29 is 4.98 Å². The molecule has 3 heterocycles. The molecule has 0 saturated heterocycles. The van der Waals surface area contributed by atoms with E-state index in [0.717, 1.165) is 5.56 Å². The van der Waals surface area contributed by atoms with E-state index in [1.807, 2.05) is 24.4 Å². The summed E-state index contributed by atoms with van der Waals surface area (Å²) in [6.45, 7) is 1.96. The van der Waals surface area contributed by atoms with Gasteiger partial charge in [-0.3, -0.25) is 0 Å². The monoisotopic (exact) mass is 302 g/mol. The minimum Gasteiger partial charge on any atom is -0.309 e. The number of rotatable bonds is 3. The molecule has 98 valence electrons. The third kappa shape index (κ3) is 2.54. The number of aromatic nitrogens is 4. The fraction of sp³-hybridized carbons (Fsp3) is 0.0769. The Morgan fingerprint density at radius 1 is 1.40 bits per heavy atom. The fourth-order valence-corrected chi connectivity index (χ4v) is 2.29. The predicted molar refractivity (Wildman–Crippen MR) is 77.0 cm³/mol. The fourth-order valence-electron chi connectivity index (χ4n) is 1.62. The number of halogens is 1. The summed E-state index contributed by atoms with van der Waals surface area (Å²) in [6.07, 6.45) is 3.26. The van der Waals surface area contributed by atoms with Gasteiger partial charge in [0.1, 0.15) is 5.82 Å². The van der Waals surface area contributed by atoms with Crippen molar-refractivity contribution in [3.63, 3.8) is 0 Å². The first-order valence-corrected chi connectivity index (χ1v) is 7.03. The third-order valence-corrected chi connectivity index (χ3v) is 3.43. The summed E-state index contributed by atoms with van der Waals surface area (Å²) in [6, 6.07) is 3.83. The van der Waals surface area contributed by atoms with Gasteiger partial charge in [-0.2, -0.15) is 0 Å². The molecule has 0 amide bonds. The zero-order chi connectivity index (χ0) is 13.9. The van der Waals surface area contributed by atoms with Gasteiger partial charge in [-0.15, -0.1) is 0 Å². The molecule has 0 aliphatic carbocycles. The van der Waals surface area contributed by atoms with Crippen molar-refractivity contribution in [3.8, 4) is 11.4 Å². The Kier molecular flexibility index (Phi) is 3.46. The first-order valence-electron chi connectivity index (χ1n) is 5.77. The van der Waals surface area contributed by atoms with E-state index in [4.69, 9.17) is 11.6 Å². The van der Waals surface area contributed by atoms with E-state index in [1.54, 1.807) is 12.4 Å². The molecule has 0 fully saturated rings. The van der Waals surface area contributed by atoms with Crippen LogP contribution in [0.25, 0.3) is 11.4 Å². The van der Waals surface area contributed by atoms with Crippen LogP contribution < -0.4 is 10.3 Å². The molecule has 0 unspecified atom stereocenters. The van der Waals surface area contributed by atoms with E-state index in [1.165, 1.54) is 11.3 Å². The topological polar surface area (TPSA) is 64.8 Å². The number of hydrogen-bond donors (Lipinski definition) is 1. The number of pyridine rings is 1. The van der Waals surface area contributed by atoms with Gasteiger partial charge in [0.25, 0.3) is 0 Å². The smallest absolute Gasteiger partial charge is 0.309 e. The third-order valence-electron chi connectivity index (χ3n) is 2.62. The molecule has 0 atom stereocenters. The van der Waals surface area contributed by atoms with E-state index >= 15 is 0 Å². The van der Waals surface area contributed by atoms with Crippen LogP contribution in [0.1, 0.15) is 5.56 Å². The Morgan fingerprint density at radius 2 is 2.30 bits per heavy atom. The van der Waals surface area contributed by atoms with E-state index in [0.29, 0.717) is 28.2 Å². The second kappa shape index (κ2) is 5.41. The Labute approximate surface area is 124 Å². The molecular formula is C13H9ClN5S+. The maximum absolute atomic E-state index is 6.10. The molecule has 7 heteroatoms. The molecule has 0 bridgehead atoms. The molecule has 5 nitrogen and oxygen atoms in total. The van der Waals surface area contributed by atoms with Gasteiger partial charge in [0.15, 0.2) is 5.69 Å². The van der Waals surface area contributed by atoms with Gasteiger partial charge in [0.2, 0.25) is 5.95 Å². The predicted octanol–water partition coefficient (Wildman–Crippen LogP) is 2.71. The molecule has 0 aromatic carbocycles. The zero-order valence-corrected chi connectivity index (χ0v) is 12.0. The largest absolute Gasteiger partial charge is 0.382 e. The molecule has 3 aromatic heterocycles. The first kappa shape index (κ1) is 12.8. The Morgan fingerprint density at radius 3 is 3.05 bits per heavy atom. The lowest BCUT2D eigenvalue weighted by Gasteiger charge is -2.06. The molecule has 0 spiro atoms. The highest BCUT2D eigenvalue weighted by atomic mass is 35.5. The minimum atomic E-state index is 0.430. The standard InChI is InChI=1S/C13H9ClN5S/c1-8-3-2-4-15-12(8)19-13-16-5-9(14)11(18-13)10-6-20-7-17-10/h2-6H,1H3,(H,15,16,18,19)/q+1. The van der Waals surface area contributed by atoms with E-state index in [2.05, 4.69) is 30.8 Å². The summed E-state index contributed by atoms with van der Waals surface area (Å²) in [7, 11) is 0. The van der Waals surface area contributed by atoms with Crippen LogP contribution in [0, 0.1) is 12.4 Å². The van der Waals surface area contributed by atoms with Gasteiger partial charge < -0.3 is 5.32 Å². The Balaban J connectivity index is 1.96. The number of nitrogens with one attached hydrogen (secondary N) is 1. The van der Waals surface area contributed by atoms with Crippen LogP contribution in [-0.4, -0.2) is 15.0 Å². The highest BCUT2D eigenvalue weighted by molar-refractivity contribution is 7.06. The van der Waals surface area contributed by atoms with Crippen molar-refractivity contribution in [1.29, 1.82) is 0 Å². The highest BCUT2D eigenvalue weighted by Gasteiger charge is 2.18. The van der Waals surface area contributed by atoms with E-state index in [-0.39, 0.29) is 0 Å². The van der Waals surface area contributed by atoms with Gasteiger partial charge in [0.05, 0.1) is 16.6 Å². The summed E-state index contributed by atoms with van der Waals surface area (Å²) in [5.41, 5.74) is 5.04. The quantitative estimate of drug-likeness (QED) is 0.806. The van der Waals surface area contributed by atoms with E-state index in [9.17, 15) is 0 Å². The number of aryl methyl sites for hydroxylation is 1. The summed E-state index contributed by atoms with van der Waals surface area (Å²) < 4.78 is 0. The van der Waals surface area contributed by atoms with E-state index < -0.39 is 0 Å². The maximum atomic E-state index is 6.10. The van der Waals surface area contributed by atoms with Crippen molar-refractivity contribution in [2.45, 2.75) is 6.92 Å².